The molecule has 1 heterocycles. The Labute approximate surface area is 225 Å². The molecule has 4 aromatic rings. The lowest BCUT2D eigenvalue weighted by Crippen LogP contribution is -2.42. The van der Waals surface area contributed by atoms with Crippen molar-refractivity contribution in [3.63, 3.8) is 0 Å². The molecule has 8 heteroatoms. The Morgan fingerprint density at radius 1 is 1.05 bits per heavy atom. The van der Waals surface area contributed by atoms with Crippen molar-refractivity contribution in [1.29, 1.82) is 0 Å². The molecule has 0 saturated heterocycles. The molecule has 7 nitrogen and oxygen atoms in total. The first kappa shape index (κ1) is 26.6. The van der Waals surface area contributed by atoms with Gasteiger partial charge in [-0.1, -0.05) is 54.0 Å². The number of benzene rings is 3. The maximum absolute atomic E-state index is 13.8. The number of nitrogens with one attached hydrogen (secondary N) is 1. The standard InChI is InChI=1S/C29H31BrN4O3/c1-4-20-10-16-23(17-11-20)34-27(32-25-9-7-6-8-24(25)28(34)35)26(5-2)33(18-19-37-3)29(36)31-22-14-12-21(30)13-15-22/h6-17,26H,4-5,18-19H2,1-3H3,(H,31,36). The van der Waals surface area contributed by atoms with E-state index in [1.165, 1.54) is 5.56 Å². The average molecular weight is 563 g/mol. The van der Waals surface area contributed by atoms with Crippen LogP contribution in [-0.4, -0.2) is 40.7 Å². The summed E-state index contributed by atoms with van der Waals surface area (Å²) in [7, 11) is 1.60. The molecule has 0 radical (unpaired) electrons. The minimum atomic E-state index is -0.478. The van der Waals surface area contributed by atoms with Crippen LogP contribution in [0.25, 0.3) is 16.6 Å². The maximum Gasteiger partial charge on any atom is 0.322 e. The number of fused-ring (bicyclic) bond motifs is 1. The molecule has 3 aromatic carbocycles. The number of aromatic nitrogens is 2. The topological polar surface area (TPSA) is 76.5 Å². The van der Waals surface area contributed by atoms with Crippen molar-refractivity contribution in [3.05, 3.63) is 99.0 Å². The minimum absolute atomic E-state index is 0.164. The number of amides is 2. The summed E-state index contributed by atoms with van der Waals surface area (Å²) in [5, 5.41) is 3.52. The van der Waals surface area contributed by atoms with E-state index in [-0.39, 0.29) is 11.6 Å². The zero-order valence-electron chi connectivity index (χ0n) is 21.3. The Balaban J connectivity index is 1.85. The number of halogens is 1. The van der Waals surface area contributed by atoms with E-state index >= 15 is 0 Å². The van der Waals surface area contributed by atoms with Gasteiger partial charge in [0.25, 0.3) is 5.56 Å². The second-order valence-electron chi connectivity index (χ2n) is 8.69. The molecule has 37 heavy (non-hydrogen) atoms. The summed E-state index contributed by atoms with van der Waals surface area (Å²) >= 11 is 3.43. The minimum Gasteiger partial charge on any atom is -0.383 e. The summed E-state index contributed by atoms with van der Waals surface area (Å²) in [5.41, 5.74) is 3.00. The van der Waals surface area contributed by atoms with Gasteiger partial charge in [0.05, 0.1) is 29.2 Å². The fourth-order valence-corrected chi connectivity index (χ4v) is 4.63. The molecule has 1 unspecified atom stereocenters. The summed E-state index contributed by atoms with van der Waals surface area (Å²) in [5.74, 6) is 0.512. The lowest BCUT2D eigenvalue weighted by atomic mass is 10.1. The number of para-hydroxylation sites is 1. The van der Waals surface area contributed by atoms with Crippen molar-refractivity contribution in [3.8, 4) is 5.69 Å². The summed E-state index contributed by atoms with van der Waals surface area (Å²) < 4.78 is 7.90. The van der Waals surface area contributed by atoms with Crippen molar-refractivity contribution in [2.24, 2.45) is 0 Å². The highest BCUT2D eigenvalue weighted by molar-refractivity contribution is 9.10. The molecule has 4 rings (SSSR count). The van der Waals surface area contributed by atoms with E-state index in [0.717, 1.165) is 10.9 Å². The molecule has 0 aliphatic rings. The van der Waals surface area contributed by atoms with Gasteiger partial charge in [0.15, 0.2) is 0 Å². The number of carbonyl (C=O) groups excluding carboxylic acids is 1. The smallest absolute Gasteiger partial charge is 0.322 e. The summed E-state index contributed by atoms with van der Waals surface area (Å²) in [6.45, 7) is 4.75. The number of carbonyl (C=O) groups is 1. The molecule has 0 spiro atoms. The average Bonchev–Trinajstić information content (AvgIpc) is 2.92. The number of urea groups is 1. The zero-order chi connectivity index (χ0) is 26.4. The van der Waals surface area contributed by atoms with Gasteiger partial charge in [-0.15, -0.1) is 0 Å². The summed E-state index contributed by atoms with van der Waals surface area (Å²) in [6.07, 6.45) is 1.45. The molecule has 0 bridgehead atoms. The molecule has 0 aliphatic heterocycles. The van der Waals surface area contributed by atoms with Gasteiger partial charge >= 0.3 is 6.03 Å². The quantitative estimate of drug-likeness (QED) is 0.258. The summed E-state index contributed by atoms with van der Waals surface area (Å²) in [4.78, 5) is 34.1. The van der Waals surface area contributed by atoms with Crippen molar-refractivity contribution < 1.29 is 9.53 Å². The van der Waals surface area contributed by atoms with Crippen LogP contribution in [0, 0.1) is 0 Å². The third kappa shape index (κ3) is 5.92. The highest BCUT2D eigenvalue weighted by Gasteiger charge is 2.29. The SMILES string of the molecule is CCc1ccc(-n2c(C(CC)N(CCOC)C(=O)Nc3ccc(Br)cc3)nc3ccccc3c2=O)cc1. The van der Waals surface area contributed by atoms with Crippen LogP contribution in [0.1, 0.15) is 37.7 Å². The van der Waals surface area contributed by atoms with Crippen molar-refractivity contribution in [2.45, 2.75) is 32.7 Å². The monoisotopic (exact) mass is 562 g/mol. The van der Waals surface area contributed by atoms with Crippen molar-refractivity contribution in [2.75, 3.05) is 25.6 Å². The molecule has 192 valence electrons. The van der Waals surface area contributed by atoms with Crippen LogP contribution >= 0.6 is 15.9 Å². The van der Waals surface area contributed by atoms with Crippen LogP contribution in [0.4, 0.5) is 10.5 Å². The van der Waals surface area contributed by atoms with Crippen LogP contribution in [0.15, 0.2) is 82.1 Å². The van der Waals surface area contributed by atoms with Gasteiger partial charge in [-0.25, -0.2) is 9.78 Å². The second kappa shape index (κ2) is 12.2. The van der Waals surface area contributed by atoms with Gasteiger partial charge in [0.1, 0.15) is 5.82 Å². The highest BCUT2D eigenvalue weighted by Crippen LogP contribution is 2.27. The normalized spacial score (nSPS) is 11.9. The third-order valence-corrected chi connectivity index (χ3v) is 6.89. The van der Waals surface area contributed by atoms with Gasteiger partial charge in [0.2, 0.25) is 0 Å². The van der Waals surface area contributed by atoms with E-state index in [2.05, 4.69) is 28.2 Å². The zero-order valence-corrected chi connectivity index (χ0v) is 22.9. The number of anilines is 1. The molecule has 2 amide bonds. The van der Waals surface area contributed by atoms with Gasteiger partial charge in [-0.05, 0) is 66.9 Å². The second-order valence-corrected chi connectivity index (χ2v) is 9.61. The first-order valence-corrected chi connectivity index (χ1v) is 13.2. The van der Waals surface area contributed by atoms with E-state index in [1.807, 2.05) is 73.7 Å². The van der Waals surface area contributed by atoms with Gasteiger partial charge in [0, 0.05) is 23.8 Å². The Bertz CT molecular complexity index is 1420. The Kier molecular flexibility index (Phi) is 8.74. The number of hydrogen-bond acceptors (Lipinski definition) is 4. The van der Waals surface area contributed by atoms with Crippen molar-refractivity contribution >= 4 is 38.6 Å². The fraction of sp³-hybridized carbons (Fsp3) is 0.276. The van der Waals surface area contributed by atoms with E-state index in [1.54, 1.807) is 22.6 Å². The highest BCUT2D eigenvalue weighted by atomic mass is 79.9. The molecule has 1 aromatic heterocycles. The fourth-order valence-electron chi connectivity index (χ4n) is 4.36. The Morgan fingerprint density at radius 3 is 2.41 bits per heavy atom. The largest absolute Gasteiger partial charge is 0.383 e. The number of hydrogen-bond donors (Lipinski definition) is 1. The van der Waals surface area contributed by atoms with Gasteiger partial charge in [-0.3, -0.25) is 9.36 Å². The van der Waals surface area contributed by atoms with Crippen LogP contribution in [0.2, 0.25) is 0 Å². The maximum atomic E-state index is 13.8. The van der Waals surface area contributed by atoms with Crippen LogP contribution in [0.5, 0.6) is 0 Å². The molecule has 0 aliphatic carbocycles. The molecule has 0 fully saturated rings. The number of rotatable bonds is 9. The number of nitrogens with zero attached hydrogens (tertiary/aromatic N) is 3. The van der Waals surface area contributed by atoms with Gasteiger partial charge < -0.3 is 15.0 Å². The first-order valence-electron chi connectivity index (χ1n) is 12.4. The predicted molar refractivity (Wildman–Crippen MR) is 151 cm³/mol. The van der Waals surface area contributed by atoms with E-state index in [0.29, 0.717) is 47.7 Å². The number of aryl methyl sites for hydroxylation is 1. The third-order valence-electron chi connectivity index (χ3n) is 6.36. The van der Waals surface area contributed by atoms with Crippen LogP contribution < -0.4 is 10.9 Å². The van der Waals surface area contributed by atoms with E-state index in [9.17, 15) is 9.59 Å². The predicted octanol–water partition coefficient (Wildman–Crippen LogP) is 6.34. The van der Waals surface area contributed by atoms with Gasteiger partial charge in [-0.2, -0.15) is 0 Å². The van der Waals surface area contributed by atoms with Crippen molar-refractivity contribution in [1.82, 2.24) is 14.5 Å². The van der Waals surface area contributed by atoms with E-state index < -0.39 is 6.04 Å². The number of ether oxygens (including phenoxy) is 1. The summed E-state index contributed by atoms with van der Waals surface area (Å²) in [6, 6.07) is 21.9. The van der Waals surface area contributed by atoms with Crippen LogP contribution in [0.3, 0.4) is 0 Å². The van der Waals surface area contributed by atoms with Crippen LogP contribution in [-0.2, 0) is 11.2 Å². The Morgan fingerprint density at radius 2 is 1.76 bits per heavy atom. The lowest BCUT2D eigenvalue weighted by Gasteiger charge is -2.32. The molecule has 0 saturated carbocycles. The molecular formula is C29H31BrN4O3. The van der Waals surface area contributed by atoms with E-state index in [4.69, 9.17) is 9.72 Å². The number of methoxy groups -OCH3 is 1. The molecular weight excluding hydrogens is 532 g/mol. The lowest BCUT2D eigenvalue weighted by molar-refractivity contribution is 0.131. The molecule has 1 atom stereocenters. The molecule has 1 N–H and O–H groups in total. The Hall–Kier alpha value is -3.49. The first-order chi connectivity index (χ1) is 18.0.